The van der Waals surface area contributed by atoms with Crippen molar-refractivity contribution in [2.75, 3.05) is 6.54 Å². The first kappa shape index (κ1) is 17.2. The first-order chi connectivity index (χ1) is 10.9. The van der Waals surface area contributed by atoms with E-state index in [0.29, 0.717) is 4.88 Å². The molecule has 0 aliphatic heterocycles. The van der Waals surface area contributed by atoms with E-state index in [1.165, 1.54) is 11.3 Å². The molecule has 1 heterocycles. The Bertz CT molecular complexity index is 654. The number of hydrogen-bond acceptors (Lipinski definition) is 4. The molecule has 0 bridgehead atoms. The zero-order valence-electron chi connectivity index (χ0n) is 13.1. The summed E-state index contributed by atoms with van der Waals surface area (Å²) in [4.78, 5) is 24.9. The van der Waals surface area contributed by atoms with Crippen molar-refractivity contribution in [1.82, 2.24) is 10.6 Å². The van der Waals surface area contributed by atoms with Gasteiger partial charge in [0.2, 0.25) is 5.91 Å². The van der Waals surface area contributed by atoms with E-state index in [1.54, 1.807) is 43.5 Å². The minimum Gasteiger partial charge on any atom is -0.387 e. The monoisotopic (exact) mass is 332 g/mol. The molecular weight excluding hydrogens is 312 g/mol. The fraction of sp³-hybridized carbons (Fsp3) is 0.294. The maximum atomic E-state index is 12.3. The lowest BCUT2D eigenvalue weighted by Crippen LogP contribution is -2.55. The molecule has 2 aromatic rings. The van der Waals surface area contributed by atoms with Crippen LogP contribution in [0.4, 0.5) is 0 Å². The lowest BCUT2D eigenvalue weighted by Gasteiger charge is -2.25. The van der Waals surface area contributed by atoms with Crippen molar-refractivity contribution >= 4 is 23.2 Å². The second kappa shape index (κ2) is 7.39. The largest absolute Gasteiger partial charge is 0.387 e. The Labute approximate surface area is 139 Å². The molecule has 2 rings (SSSR count). The van der Waals surface area contributed by atoms with E-state index in [2.05, 4.69) is 10.6 Å². The van der Waals surface area contributed by atoms with E-state index in [4.69, 9.17) is 0 Å². The molecule has 1 aromatic heterocycles. The van der Waals surface area contributed by atoms with Crippen LogP contribution in [0.3, 0.4) is 0 Å². The predicted octanol–water partition coefficient (Wildman–Crippen LogP) is 2.11. The zero-order chi connectivity index (χ0) is 16.9. The second-order valence-corrected chi connectivity index (χ2v) is 6.64. The molecule has 0 fully saturated rings. The van der Waals surface area contributed by atoms with E-state index >= 15 is 0 Å². The Morgan fingerprint density at radius 2 is 1.87 bits per heavy atom. The van der Waals surface area contributed by atoms with E-state index in [1.807, 2.05) is 18.2 Å². The lowest BCUT2D eigenvalue weighted by atomic mass is 10.0. The standard InChI is InChI=1S/C17H20N2O3S/c1-17(2,19-15(21)14-9-6-10-23-14)16(22)18-11-13(20)12-7-4-3-5-8-12/h3-10,13,20H,11H2,1-2H3,(H,18,22)(H,19,21)/t13-/m1/s1. The van der Waals surface area contributed by atoms with Gasteiger partial charge in [-0.05, 0) is 30.9 Å². The number of thiophene rings is 1. The van der Waals surface area contributed by atoms with Crippen LogP contribution in [0.2, 0.25) is 0 Å². The average Bonchev–Trinajstić information content (AvgIpc) is 3.07. The molecule has 0 radical (unpaired) electrons. The van der Waals surface area contributed by atoms with Gasteiger partial charge >= 0.3 is 0 Å². The van der Waals surface area contributed by atoms with E-state index in [0.717, 1.165) is 5.56 Å². The molecule has 0 spiro atoms. The van der Waals surface area contributed by atoms with Crippen molar-refractivity contribution in [3.05, 3.63) is 58.3 Å². The third-order valence-electron chi connectivity index (χ3n) is 3.38. The molecule has 1 aromatic carbocycles. The van der Waals surface area contributed by atoms with Gasteiger partial charge in [-0.2, -0.15) is 0 Å². The highest BCUT2D eigenvalue weighted by Crippen LogP contribution is 2.13. The summed E-state index contributed by atoms with van der Waals surface area (Å²) in [6.45, 7) is 3.34. The van der Waals surface area contributed by atoms with Gasteiger partial charge in [0.25, 0.3) is 5.91 Å². The number of aliphatic hydroxyl groups is 1. The molecule has 2 amide bonds. The van der Waals surface area contributed by atoms with Crippen molar-refractivity contribution in [1.29, 1.82) is 0 Å². The molecule has 0 saturated carbocycles. The number of carbonyl (C=O) groups excluding carboxylic acids is 2. The maximum absolute atomic E-state index is 12.3. The van der Waals surface area contributed by atoms with Crippen molar-refractivity contribution < 1.29 is 14.7 Å². The van der Waals surface area contributed by atoms with Crippen molar-refractivity contribution in [2.45, 2.75) is 25.5 Å². The Kier molecular flexibility index (Phi) is 5.52. The summed E-state index contributed by atoms with van der Waals surface area (Å²) in [5.41, 5.74) is -0.342. The summed E-state index contributed by atoms with van der Waals surface area (Å²) in [6, 6.07) is 12.6. The van der Waals surface area contributed by atoms with Gasteiger partial charge in [-0.15, -0.1) is 11.3 Å². The van der Waals surface area contributed by atoms with Crippen LogP contribution >= 0.6 is 11.3 Å². The molecule has 23 heavy (non-hydrogen) atoms. The van der Waals surface area contributed by atoms with Crippen LogP contribution < -0.4 is 10.6 Å². The Morgan fingerprint density at radius 1 is 1.17 bits per heavy atom. The lowest BCUT2D eigenvalue weighted by molar-refractivity contribution is -0.126. The number of nitrogens with one attached hydrogen (secondary N) is 2. The molecule has 1 atom stereocenters. The Morgan fingerprint density at radius 3 is 2.48 bits per heavy atom. The van der Waals surface area contributed by atoms with Crippen molar-refractivity contribution in [3.8, 4) is 0 Å². The summed E-state index contributed by atoms with van der Waals surface area (Å²) in [5, 5.41) is 17.2. The Balaban J connectivity index is 1.90. The second-order valence-electron chi connectivity index (χ2n) is 5.69. The van der Waals surface area contributed by atoms with Crippen LogP contribution in [-0.2, 0) is 4.79 Å². The van der Waals surface area contributed by atoms with Gasteiger partial charge in [0.15, 0.2) is 0 Å². The number of aliphatic hydroxyl groups excluding tert-OH is 1. The number of benzene rings is 1. The highest BCUT2D eigenvalue weighted by Gasteiger charge is 2.30. The summed E-state index contributed by atoms with van der Waals surface area (Å²) < 4.78 is 0. The van der Waals surface area contributed by atoms with E-state index in [-0.39, 0.29) is 18.4 Å². The first-order valence-corrected chi connectivity index (χ1v) is 8.15. The number of hydrogen-bond donors (Lipinski definition) is 3. The zero-order valence-corrected chi connectivity index (χ0v) is 13.9. The van der Waals surface area contributed by atoms with Crippen LogP contribution in [0.15, 0.2) is 47.8 Å². The summed E-state index contributed by atoms with van der Waals surface area (Å²) in [6.07, 6.45) is -0.788. The summed E-state index contributed by atoms with van der Waals surface area (Å²) >= 11 is 1.32. The molecule has 3 N–H and O–H groups in total. The number of amides is 2. The molecule has 0 saturated heterocycles. The van der Waals surface area contributed by atoms with Gasteiger partial charge in [0.05, 0.1) is 11.0 Å². The third-order valence-corrected chi connectivity index (χ3v) is 4.25. The molecule has 0 aliphatic rings. The highest BCUT2D eigenvalue weighted by molar-refractivity contribution is 7.12. The molecule has 5 nitrogen and oxygen atoms in total. The van der Waals surface area contributed by atoms with Gasteiger partial charge in [-0.3, -0.25) is 9.59 Å². The minimum atomic E-state index is -1.07. The smallest absolute Gasteiger partial charge is 0.262 e. The van der Waals surface area contributed by atoms with E-state index in [9.17, 15) is 14.7 Å². The normalized spacial score (nSPS) is 12.5. The average molecular weight is 332 g/mol. The third kappa shape index (κ3) is 4.64. The minimum absolute atomic E-state index is 0.0845. The highest BCUT2D eigenvalue weighted by atomic mass is 32.1. The van der Waals surface area contributed by atoms with Crippen LogP contribution in [-0.4, -0.2) is 29.0 Å². The summed E-state index contributed by atoms with van der Waals surface area (Å²) in [7, 11) is 0. The van der Waals surface area contributed by atoms with Crippen LogP contribution in [0, 0.1) is 0 Å². The Hall–Kier alpha value is -2.18. The van der Waals surface area contributed by atoms with Crippen LogP contribution in [0.5, 0.6) is 0 Å². The van der Waals surface area contributed by atoms with Crippen molar-refractivity contribution in [3.63, 3.8) is 0 Å². The van der Waals surface area contributed by atoms with Gasteiger partial charge in [0, 0.05) is 6.54 Å². The fourth-order valence-corrected chi connectivity index (χ4v) is 2.63. The quantitative estimate of drug-likeness (QED) is 0.758. The summed E-state index contributed by atoms with van der Waals surface area (Å²) in [5.74, 6) is -0.638. The molecule has 0 unspecified atom stereocenters. The first-order valence-electron chi connectivity index (χ1n) is 7.27. The predicted molar refractivity (Wildman–Crippen MR) is 90.3 cm³/mol. The van der Waals surface area contributed by atoms with Gasteiger partial charge in [-0.1, -0.05) is 36.4 Å². The molecule has 122 valence electrons. The fourth-order valence-electron chi connectivity index (χ4n) is 2.01. The van der Waals surface area contributed by atoms with Gasteiger partial charge in [-0.25, -0.2) is 0 Å². The van der Waals surface area contributed by atoms with Crippen LogP contribution in [0.1, 0.15) is 35.2 Å². The maximum Gasteiger partial charge on any atom is 0.262 e. The molecule has 6 heteroatoms. The molecule has 0 aliphatic carbocycles. The van der Waals surface area contributed by atoms with Gasteiger partial charge < -0.3 is 15.7 Å². The van der Waals surface area contributed by atoms with Crippen LogP contribution in [0.25, 0.3) is 0 Å². The van der Waals surface area contributed by atoms with Gasteiger partial charge in [0.1, 0.15) is 5.54 Å². The topological polar surface area (TPSA) is 78.4 Å². The van der Waals surface area contributed by atoms with Crippen molar-refractivity contribution in [2.24, 2.45) is 0 Å². The number of carbonyl (C=O) groups is 2. The molecular formula is C17H20N2O3S. The van der Waals surface area contributed by atoms with E-state index < -0.39 is 11.6 Å². The number of rotatable bonds is 6. The SMILES string of the molecule is CC(C)(NC(=O)c1cccs1)C(=O)NC[C@@H](O)c1ccccc1.